The fourth-order valence-electron chi connectivity index (χ4n) is 3.23. The molecule has 1 heterocycles. The predicted molar refractivity (Wildman–Crippen MR) is 98.7 cm³/mol. The zero-order chi connectivity index (χ0) is 18.1. The zero-order valence-electron chi connectivity index (χ0n) is 16.0. The molecule has 1 unspecified atom stereocenters. The van der Waals surface area contributed by atoms with Gasteiger partial charge in [-0.15, -0.1) is 0 Å². The summed E-state index contributed by atoms with van der Waals surface area (Å²) in [6.45, 7) is 4.29. The molecule has 1 aliphatic carbocycles. The first-order chi connectivity index (χ1) is 12.0. The van der Waals surface area contributed by atoms with E-state index in [1.54, 1.807) is 26.1 Å². The Morgan fingerprint density at radius 1 is 1.36 bits per heavy atom. The minimum Gasteiger partial charge on any atom is -0.385 e. The molecule has 7 nitrogen and oxygen atoms in total. The first kappa shape index (κ1) is 20.0. The summed E-state index contributed by atoms with van der Waals surface area (Å²) >= 11 is 0. The van der Waals surface area contributed by atoms with Crippen molar-refractivity contribution in [2.45, 2.75) is 32.1 Å². The van der Waals surface area contributed by atoms with Crippen LogP contribution in [-0.4, -0.2) is 77.4 Å². The number of likely N-dealkylation sites (N-methyl/N-ethyl adjacent to an activating group) is 1. The number of guanidine groups is 1. The van der Waals surface area contributed by atoms with Crippen molar-refractivity contribution in [2.24, 2.45) is 16.3 Å². The molecule has 25 heavy (non-hydrogen) atoms. The van der Waals surface area contributed by atoms with E-state index in [1.165, 1.54) is 19.3 Å². The summed E-state index contributed by atoms with van der Waals surface area (Å²) in [6.07, 6.45) is 5.88. The summed E-state index contributed by atoms with van der Waals surface area (Å²) in [5.41, 5.74) is 0.306. The van der Waals surface area contributed by atoms with Crippen LogP contribution in [0.25, 0.3) is 0 Å². The molecule has 1 saturated heterocycles. The molecule has 7 heteroatoms. The van der Waals surface area contributed by atoms with Gasteiger partial charge in [-0.1, -0.05) is 6.42 Å². The summed E-state index contributed by atoms with van der Waals surface area (Å²) in [5.74, 6) is 1.25. The van der Waals surface area contributed by atoms with E-state index in [-0.39, 0.29) is 12.5 Å². The second-order valence-corrected chi connectivity index (χ2v) is 7.51. The van der Waals surface area contributed by atoms with Crippen LogP contribution >= 0.6 is 0 Å². The Hall–Kier alpha value is -1.34. The number of rotatable bonds is 9. The van der Waals surface area contributed by atoms with E-state index in [1.807, 2.05) is 0 Å². The van der Waals surface area contributed by atoms with E-state index in [9.17, 15) is 4.79 Å². The lowest BCUT2D eigenvalue weighted by Gasteiger charge is -2.42. The maximum atomic E-state index is 11.8. The van der Waals surface area contributed by atoms with Crippen LogP contribution in [0.15, 0.2) is 4.99 Å². The highest BCUT2D eigenvalue weighted by molar-refractivity contribution is 5.84. The number of methoxy groups -OCH3 is 1. The van der Waals surface area contributed by atoms with E-state index in [0.29, 0.717) is 11.3 Å². The fraction of sp³-hybridized carbons (Fsp3) is 0.889. The first-order valence-corrected chi connectivity index (χ1v) is 9.34. The summed E-state index contributed by atoms with van der Waals surface area (Å²) in [6, 6.07) is 0. The first-order valence-electron chi connectivity index (χ1n) is 9.34. The minimum absolute atomic E-state index is 0.00281. The van der Waals surface area contributed by atoms with Crippen LogP contribution in [0.4, 0.5) is 0 Å². The standard InChI is InChI=1S/C18H34N4O3/c1-22(2)16(23)12-20-17(19-11-15-5-9-25-13-15)21-14-18(6-4-7-18)8-10-24-3/h15H,4-14H2,1-3H3,(H2,19,20,21). The highest BCUT2D eigenvalue weighted by Crippen LogP contribution is 2.43. The minimum atomic E-state index is 0.00281. The van der Waals surface area contributed by atoms with Crippen molar-refractivity contribution in [3.8, 4) is 0 Å². The van der Waals surface area contributed by atoms with Gasteiger partial charge in [-0.25, -0.2) is 4.99 Å². The third kappa shape index (κ3) is 6.47. The normalized spacial score (nSPS) is 22.4. The number of carbonyl (C=O) groups excluding carboxylic acids is 1. The Kier molecular flexibility index (Phi) is 7.96. The second kappa shape index (κ2) is 9.97. The maximum Gasteiger partial charge on any atom is 0.243 e. The Bertz CT molecular complexity index is 444. The molecule has 0 aromatic carbocycles. The van der Waals surface area contributed by atoms with Gasteiger partial charge in [0.25, 0.3) is 0 Å². The predicted octanol–water partition coefficient (Wildman–Crippen LogP) is 0.853. The third-order valence-corrected chi connectivity index (χ3v) is 5.33. The van der Waals surface area contributed by atoms with Crippen LogP contribution in [0.2, 0.25) is 0 Å². The van der Waals surface area contributed by atoms with Crippen LogP contribution in [0.3, 0.4) is 0 Å². The molecule has 0 aromatic rings. The van der Waals surface area contributed by atoms with Crippen molar-refractivity contribution < 1.29 is 14.3 Å². The largest absolute Gasteiger partial charge is 0.385 e. The second-order valence-electron chi connectivity index (χ2n) is 7.51. The van der Waals surface area contributed by atoms with Crippen molar-refractivity contribution in [2.75, 3.05) is 60.7 Å². The Morgan fingerprint density at radius 2 is 2.16 bits per heavy atom. The Morgan fingerprint density at radius 3 is 2.72 bits per heavy atom. The molecule has 144 valence electrons. The smallest absolute Gasteiger partial charge is 0.243 e. The number of ether oxygens (including phenoxy) is 2. The van der Waals surface area contributed by atoms with Gasteiger partial charge in [0.05, 0.1) is 6.61 Å². The van der Waals surface area contributed by atoms with Gasteiger partial charge >= 0.3 is 0 Å². The molecule has 1 amide bonds. The van der Waals surface area contributed by atoms with Crippen LogP contribution in [0.1, 0.15) is 32.1 Å². The number of amides is 1. The summed E-state index contributed by atoms with van der Waals surface area (Å²) in [5, 5.41) is 6.85. The lowest BCUT2D eigenvalue weighted by Crippen LogP contribution is -2.48. The molecule has 0 bridgehead atoms. The molecular weight excluding hydrogens is 320 g/mol. The topological polar surface area (TPSA) is 75.2 Å². The van der Waals surface area contributed by atoms with E-state index in [2.05, 4.69) is 15.6 Å². The van der Waals surface area contributed by atoms with Gasteiger partial charge in [-0.05, 0) is 31.1 Å². The summed E-state index contributed by atoms with van der Waals surface area (Å²) in [4.78, 5) is 17.9. The van der Waals surface area contributed by atoms with E-state index >= 15 is 0 Å². The van der Waals surface area contributed by atoms with Crippen LogP contribution in [0, 0.1) is 11.3 Å². The molecule has 2 N–H and O–H groups in total. The van der Waals surface area contributed by atoms with Gasteiger partial charge in [0.15, 0.2) is 5.96 Å². The molecule has 2 rings (SSSR count). The van der Waals surface area contributed by atoms with Gasteiger partial charge < -0.3 is 25.0 Å². The number of nitrogens with zero attached hydrogens (tertiary/aromatic N) is 2. The highest BCUT2D eigenvalue weighted by Gasteiger charge is 2.36. The number of hydrogen-bond donors (Lipinski definition) is 2. The van der Waals surface area contributed by atoms with Gasteiger partial charge in [-0.2, -0.15) is 0 Å². The highest BCUT2D eigenvalue weighted by atomic mass is 16.5. The molecule has 0 spiro atoms. The number of hydrogen-bond acceptors (Lipinski definition) is 4. The van der Waals surface area contributed by atoms with Gasteiger partial charge in [0.2, 0.25) is 5.91 Å². The average molecular weight is 354 g/mol. The maximum absolute atomic E-state index is 11.8. The van der Waals surface area contributed by atoms with Crippen molar-refractivity contribution >= 4 is 11.9 Å². The molecule has 1 aliphatic heterocycles. The van der Waals surface area contributed by atoms with Crippen molar-refractivity contribution in [1.82, 2.24) is 15.5 Å². The zero-order valence-corrected chi connectivity index (χ0v) is 16.0. The number of aliphatic imine (C=N–C) groups is 1. The van der Waals surface area contributed by atoms with Crippen molar-refractivity contribution in [1.29, 1.82) is 0 Å². The summed E-state index contributed by atoms with van der Waals surface area (Å²) in [7, 11) is 5.26. The van der Waals surface area contributed by atoms with Gasteiger partial charge in [0, 0.05) is 53.4 Å². The SMILES string of the molecule is COCCC1(CNC(=NCC(=O)N(C)C)NCC2CCOC2)CCC1. The number of carbonyl (C=O) groups is 1. The molecule has 1 atom stereocenters. The number of nitrogens with one attached hydrogen (secondary N) is 2. The molecule has 0 radical (unpaired) electrons. The average Bonchev–Trinajstić information content (AvgIpc) is 3.08. The molecule has 0 aromatic heterocycles. The van der Waals surface area contributed by atoms with Crippen molar-refractivity contribution in [3.63, 3.8) is 0 Å². The third-order valence-electron chi connectivity index (χ3n) is 5.33. The van der Waals surface area contributed by atoms with Crippen LogP contribution < -0.4 is 10.6 Å². The monoisotopic (exact) mass is 354 g/mol. The molecular formula is C18H34N4O3. The van der Waals surface area contributed by atoms with Crippen LogP contribution in [-0.2, 0) is 14.3 Å². The lowest BCUT2D eigenvalue weighted by molar-refractivity contribution is -0.127. The quantitative estimate of drug-likeness (QED) is 0.474. The Balaban J connectivity index is 1.87. The molecule has 2 aliphatic rings. The van der Waals surface area contributed by atoms with Gasteiger partial charge in [0.1, 0.15) is 6.54 Å². The molecule has 1 saturated carbocycles. The van der Waals surface area contributed by atoms with E-state index in [0.717, 1.165) is 51.7 Å². The van der Waals surface area contributed by atoms with Gasteiger partial charge in [-0.3, -0.25) is 4.79 Å². The van der Waals surface area contributed by atoms with E-state index < -0.39 is 0 Å². The van der Waals surface area contributed by atoms with Crippen molar-refractivity contribution in [3.05, 3.63) is 0 Å². The molecule has 2 fully saturated rings. The fourth-order valence-corrected chi connectivity index (χ4v) is 3.23. The summed E-state index contributed by atoms with van der Waals surface area (Å²) < 4.78 is 10.7. The van der Waals surface area contributed by atoms with Crippen LogP contribution in [0.5, 0.6) is 0 Å². The van der Waals surface area contributed by atoms with E-state index in [4.69, 9.17) is 9.47 Å². The lowest BCUT2D eigenvalue weighted by atomic mass is 9.67. The Labute approximate surface area is 151 Å².